The fraction of sp³-hybridized carbons (Fsp3) is 0.273. The molecule has 0 saturated heterocycles. The number of esters is 2. The quantitative estimate of drug-likeness (QED) is 0.0315. The minimum atomic E-state index is -1.90. The smallest absolute Gasteiger partial charge is 0.349 e. The Hall–Kier alpha value is -6.25. The van der Waals surface area contributed by atoms with Crippen molar-refractivity contribution in [1.82, 2.24) is 25.3 Å². The maximum absolute atomic E-state index is 13.9. The van der Waals surface area contributed by atoms with E-state index in [-0.39, 0.29) is 11.8 Å². The average Bonchev–Trinajstić information content (AvgIpc) is 4.01. The number of carbonyl (C=O) groups excluding carboxylic acids is 2. The highest BCUT2D eigenvalue weighted by Gasteiger charge is 2.44. The molecule has 0 saturated carbocycles. The number of allylic oxidation sites excluding steroid dienone is 5. The van der Waals surface area contributed by atoms with Crippen LogP contribution in [0.25, 0.3) is 33.3 Å². The topological polar surface area (TPSA) is 122 Å². The lowest BCUT2D eigenvalue weighted by Gasteiger charge is -2.27. The van der Waals surface area contributed by atoms with Gasteiger partial charge in [-0.15, -0.1) is 0 Å². The number of nitrogens with zero attached hydrogens (tertiary/aromatic N) is 2. The number of cyclic esters (lactones) is 2. The number of aryl methyl sites for hydroxylation is 1. The summed E-state index contributed by atoms with van der Waals surface area (Å²) in [6, 6.07) is 39.1. The van der Waals surface area contributed by atoms with E-state index in [0.717, 1.165) is 94.8 Å². The molecule has 2 atom stereocenters. The number of fused-ring (bicyclic) bond motifs is 8. The summed E-state index contributed by atoms with van der Waals surface area (Å²) >= 11 is 0. The predicted octanol–water partition coefficient (Wildman–Crippen LogP) is 10.7. The summed E-state index contributed by atoms with van der Waals surface area (Å²) in [4.78, 5) is 44.8. The Bertz CT molecular complexity index is 2840. The summed E-state index contributed by atoms with van der Waals surface area (Å²) in [6.45, 7) is 16.3. The van der Waals surface area contributed by atoms with Crippen LogP contribution in [0.5, 0.6) is 0 Å². The van der Waals surface area contributed by atoms with Crippen molar-refractivity contribution in [2.45, 2.75) is 72.1 Å². The standard InChI is InChI=1S/C55H56N5O4P/c1-7-41-34(3)44-30-46-36(5)43(26-18-28-63-33-56-27-19-29-65(38-20-12-9-13-21-38,39-22-14-10-15-23-39)40-24-16-11-17-25-40)52(59-46)51-53-50(54(61)64-55(51)62)37(6)47(60-53)32-49-42(8-2)35(4)45(58-49)31-48(41)57-44/h7,9-17,20-25,30-32,36,43,56H,1,8,18-19,26-29,33H2,2-6H3,(H-,57,58,59,60,61,62)/p+1/t36-,43-/m0/s1. The number of aromatic amines is 2. The van der Waals surface area contributed by atoms with Crippen molar-refractivity contribution >= 4 is 68.4 Å². The first kappa shape index (κ1) is 44.0. The van der Waals surface area contributed by atoms with Crippen molar-refractivity contribution in [2.75, 3.05) is 26.0 Å². The molecule has 10 heteroatoms. The molecule has 0 unspecified atom stereocenters. The van der Waals surface area contributed by atoms with Gasteiger partial charge in [0.2, 0.25) is 0 Å². The van der Waals surface area contributed by atoms with Crippen LogP contribution in [-0.2, 0) is 9.47 Å². The van der Waals surface area contributed by atoms with Crippen LogP contribution >= 0.6 is 7.26 Å². The third kappa shape index (κ3) is 8.11. The van der Waals surface area contributed by atoms with Crippen molar-refractivity contribution in [1.29, 1.82) is 0 Å². The Kier molecular flexibility index (Phi) is 12.6. The van der Waals surface area contributed by atoms with Gasteiger partial charge in [-0.1, -0.05) is 81.1 Å². The van der Waals surface area contributed by atoms with Crippen molar-refractivity contribution in [3.8, 4) is 0 Å². The summed E-state index contributed by atoms with van der Waals surface area (Å²) < 4.78 is 11.7. The van der Waals surface area contributed by atoms with E-state index in [0.29, 0.717) is 41.1 Å². The van der Waals surface area contributed by atoms with Gasteiger partial charge in [-0.05, 0) is 123 Å². The summed E-state index contributed by atoms with van der Waals surface area (Å²) in [6.07, 6.45) is 6.15. The lowest BCUT2D eigenvalue weighted by molar-refractivity contribution is 0.0389. The molecule has 0 fully saturated rings. The van der Waals surface area contributed by atoms with Gasteiger partial charge in [0, 0.05) is 47.5 Å². The van der Waals surface area contributed by atoms with Gasteiger partial charge in [0.05, 0.1) is 46.7 Å². The second-order valence-electron chi connectivity index (χ2n) is 17.3. The van der Waals surface area contributed by atoms with Gasteiger partial charge in [0.1, 0.15) is 28.7 Å². The van der Waals surface area contributed by atoms with Crippen LogP contribution in [-0.4, -0.2) is 57.9 Å². The van der Waals surface area contributed by atoms with E-state index < -0.39 is 19.2 Å². The zero-order chi connectivity index (χ0) is 45.2. The number of rotatable bonds is 15. The van der Waals surface area contributed by atoms with Crippen molar-refractivity contribution in [3.05, 3.63) is 173 Å². The second-order valence-corrected chi connectivity index (χ2v) is 21.0. The number of nitrogens with one attached hydrogen (secondary N) is 3. The van der Waals surface area contributed by atoms with Crippen LogP contribution in [0.15, 0.2) is 122 Å². The van der Waals surface area contributed by atoms with Crippen LogP contribution in [0, 0.1) is 6.92 Å². The third-order valence-corrected chi connectivity index (χ3v) is 18.2. The molecule has 3 N–H and O–H groups in total. The molecule has 2 aromatic heterocycles. The summed E-state index contributed by atoms with van der Waals surface area (Å²) in [5.74, 6) is -1.41. The van der Waals surface area contributed by atoms with E-state index in [1.54, 1.807) is 0 Å². The first-order valence-electron chi connectivity index (χ1n) is 22.9. The highest BCUT2D eigenvalue weighted by molar-refractivity contribution is 7.95. The van der Waals surface area contributed by atoms with Gasteiger partial charge in [-0.25, -0.2) is 19.6 Å². The molecule has 3 aromatic carbocycles. The molecule has 4 aliphatic rings. The number of aromatic nitrogens is 4. The van der Waals surface area contributed by atoms with E-state index in [1.165, 1.54) is 15.9 Å². The summed E-state index contributed by atoms with van der Waals surface area (Å²) in [7, 11) is -1.90. The molecule has 0 amide bonds. The van der Waals surface area contributed by atoms with Crippen LogP contribution in [0.2, 0.25) is 0 Å². The van der Waals surface area contributed by atoms with Crippen molar-refractivity contribution in [2.24, 2.45) is 0 Å². The minimum absolute atomic E-state index is 0.00586. The number of carbonyl (C=O) groups is 2. The minimum Gasteiger partial charge on any atom is -0.386 e. The van der Waals surface area contributed by atoms with Gasteiger partial charge in [-0.3, -0.25) is 5.32 Å². The third-order valence-electron chi connectivity index (χ3n) is 13.7. The molecular weight excluding hydrogens is 826 g/mol. The monoisotopic (exact) mass is 882 g/mol. The van der Waals surface area contributed by atoms with Gasteiger partial charge in [0.25, 0.3) is 0 Å². The van der Waals surface area contributed by atoms with Crippen LogP contribution < -0.4 is 21.2 Å². The van der Waals surface area contributed by atoms with Crippen molar-refractivity contribution in [3.63, 3.8) is 0 Å². The van der Waals surface area contributed by atoms with Gasteiger partial charge >= 0.3 is 11.9 Å². The SMILES string of the molecule is C=CC1=C(C)c2cc3[nH]c(c4c5[nH]c(cc6nc(cc1n2)C(C)=C6CC)c(C)c5C(=O)OC4=O)[C@@H](CCCOCNCCC[P+](c1ccccc1)(c1ccccc1)c1ccccc1)[C@@H]3C. The number of benzene rings is 3. The molecular formula is C55H57N5O4P+. The van der Waals surface area contributed by atoms with E-state index in [4.69, 9.17) is 19.4 Å². The Morgan fingerprint density at radius 3 is 2.02 bits per heavy atom. The molecule has 0 spiro atoms. The van der Waals surface area contributed by atoms with Crippen LogP contribution in [0.3, 0.4) is 0 Å². The highest BCUT2D eigenvalue weighted by atomic mass is 31.2. The maximum atomic E-state index is 13.9. The van der Waals surface area contributed by atoms with E-state index in [2.05, 4.69) is 147 Å². The molecule has 330 valence electrons. The Balaban J connectivity index is 0.966. The number of hydrogen-bond donors (Lipinski definition) is 3. The lowest BCUT2D eigenvalue weighted by Crippen LogP contribution is -2.34. The molecule has 9 nitrogen and oxygen atoms in total. The zero-order valence-electron chi connectivity index (χ0n) is 38.0. The largest absolute Gasteiger partial charge is 0.386 e. The molecule has 65 heavy (non-hydrogen) atoms. The first-order chi connectivity index (χ1) is 31.6. The summed E-state index contributed by atoms with van der Waals surface area (Å²) in [5, 5.41) is 7.73. The first-order valence-corrected chi connectivity index (χ1v) is 24.8. The van der Waals surface area contributed by atoms with Gasteiger partial charge in [-0.2, -0.15) is 0 Å². The van der Waals surface area contributed by atoms with Gasteiger partial charge in [0.15, 0.2) is 0 Å². The molecule has 8 bridgehead atoms. The average molecular weight is 883 g/mol. The van der Waals surface area contributed by atoms with Crippen molar-refractivity contribution < 1.29 is 19.1 Å². The number of H-pyrrole nitrogens is 2. The fourth-order valence-electron chi connectivity index (χ4n) is 10.2. The van der Waals surface area contributed by atoms with Crippen LogP contribution in [0.1, 0.15) is 126 Å². The molecule has 9 rings (SSSR count). The number of hydrogen-bond acceptors (Lipinski definition) is 7. The summed E-state index contributed by atoms with van der Waals surface area (Å²) in [5.41, 5.74) is 11.8. The fourth-order valence-corrected chi connectivity index (χ4v) is 14.5. The molecule has 6 heterocycles. The zero-order valence-corrected chi connectivity index (χ0v) is 38.9. The molecule has 0 radical (unpaired) electrons. The molecule has 4 aliphatic heterocycles. The number of ether oxygens (including phenoxy) is 2. The molecule has 5 aromatic rings. The Labute approximate surface area is 382 Å². The predicted molar refractivity (Wildman–Crippen MR) is 266 cm³/mol. The van der Waals surface area contributed by atoms with Gasteiger partial charge < -0.3 is 19.4 Å². The van der Waals surface area contributed by atoms with E-state index in [9.17, 15) is 9.59 Å². The normalized spacial score (nSPS) is 16.5. The van der Waals surface area contributed by atoms with Crippen LogP contribution in [0.4, 0.5) is 0 Å². The van der Waals surface area contributed by atoms with E-state index >= 15 is 0 Å². The van der Waals surface area contributed by atoms with E-state index in [1.807, 2.05) is 25.1 Å². The Morgan fingerprint density at radius 1 is 0.769 bits per heavy atom. The highest BCUT2D eigenvalue weighted by Crippen LogP contribution is 2.55. The molecule has 0 aliphatic carbocycles. The Morgan fingerprint density at radius 2 is 1.38 bits per heavy atom. The second kappa shape index (κ2) is 18.7. The maximum Gasteiger partial charge on any atom is 0.349 e. The lowest BCUT2D eigenvalue weighted by atomic mass is 9.85.